The molecule has 3 heteroatoms. The number of carbonyl (C=O) groups is 1. The van der Waals surface area contributed by atoms with Crippen LogP contribution in [0.4, 0.5) is 0 Å². The minimum Gasteiger partial charge on any atom is -0.348 e. The summed E-state index contributed by atoms with van der Waals surface area (Å²) >= 11 is 0. The van der Waals surface area contributed by atoms with E-state index in [9.17, 15) is 4.79 Å². The lowest BCUT2D eigenvalue weighted by Crippen LogP contribution is -2.45. The second kappa shape index (κ2) is 5.12. The van der Waals surface area contributed by atoms with Gasteiger partial charge < -0.3 is 10.6 Å². The Labute approximate surface area is 96.2 Å². The number of aryl methyl sites for hydroxylation is 1. The fraction of sp³-hybridized carbons (Fsp3) is 0.462. The topological polar surface area (TPSA) is 41.1 Å². The van der Waals surface area contributed by atoms with Crippen LogP contribution in [0.3, 0.4) is 0 Å². The molecule has 0 aliphatic carbocycles. The molecule has 1 atom stereocenters. The number of piperidine rings is 1. The van der Waals surface area contributed by atoms with E-state index in [2.05, 4.69) is 10.6 Å². The molecule has 1 saturated heterocycles. The molecule has 16 heavy (non-hydrogen) atoms. The van der Waals surface area contributed by atoms with Crippen LogP contribution in [0.2, 0.25) is 0 Å². The standard InChI is InChI=1S/C13H18N2O/c1-10-4-6-11(7-5-10)13(16)15-12-3-2-8-14-9-12/h4-7,12,14H,2-3,8-9H2,1H3,(H,15,16)/t12-/m1/s1. The van der Waals surface area contributed by atoms with E-state index < -0.39 is 0 Å². The van der Waals surface area contributed by atoms with Crippen LogP contribution in [0.15, 0.2) is 24.3 Å². The van der Waals surface area contributed by atoms with Gasteiger partial charge in [0.1, 0.15) is 0 Å². The van der Waals surface area contributed by atoms with Crippen LogP contribution >= 0.6 is 0 Å². The van der Waals surface area contributed by atoms with E-state index in [1.54, 1.807) is 0 Å². The normalized spacial score (nSPS) is 20.4. The Bertz CT molecular complexity index is 353. The van der Waals surface area contributed by atoms with Crippen molar-refractivity contribution in [2.45, 2.75) is 25.8 Å². The summed E-state index contributed by atoms with van der Waals surface area (Å²) < 4.78 is 0. The average Bonchev–Trinajstić information content (AvgIpc) is 2.31. The van der Waals surface area contributed by atoms with Gasteiger partial charge in [-0.25, -0.2) is 0 Å². The summed E-state index contributed by atoms with van der Waals surface area (Å²) in [7, 11) is 0. The summed E-state index contributed by atoms with van der Waals surface area (Å²) in [4.78, 5) is 11.9. The van der Waals surface area contributed by atoms with Gasteiger partial charge >= 0.3 is 0 Å². The molecule has 0 saturated carbocycles. The monoisotopic (exact) mass is 218 g/mol. The smallest absolute Gasteiger partial charge is 0.251 e. The van der Waals surface area contributed by atoms with Crippen LogP contribution in [0.1, 0.15) is 28.8 Å². The van der Waals surface area contributed by atoms with Gasteiger partial charge in [0.25, 0.3) is 5.91 Å². The van der Waals surface area contributed by atoms with Crippen molar-refractivity contribution >= 4 is 5.91 Å². The summed E-state index contributed by atoms with van der Waals surface area (Å²) in [5, 5.41) is 6.34. The Hall–Kier alpha value is -1.35. The molecule has 0 bridgehead atoms. The Morgan fingerprint density at radius 2 is 2.12 bits per heavy atom. The number of hydrogen-bond donors (Lipinski definition) is 2. The Morgan fingerprint density at radius 3 is 2.75 bits per heavy atom. The lowest BCUT2D eigenvalue weighted by atomic mass is 10.1. The molecule has 0 aromatic heterocycles. The fourth-order valence-corrected chi connectivity index (χ4v) is 1.95. The number of amides is 1. The first-order valence-corrected chi connectivity index (χ1v) is 5.84. The van der Waals surface area contributed by atoms with Gasteiger partial charge in [-0.15, -0.1) is 0 Å². The summed E-state index contributed by atoms with van der Waals surface area (Å²) in [6.07, 6.45) is 2.21. The summed E-state index contributed by atoms with van der Waals surface area (Å²) in [5.74, 6) is 0.0358. The number of rotatable bonds is 2. The van der Waals surface area contributed by atoms with Crippen molar-refractivity contribution in [2.75, 3.05) is 13.1 Å². The second-order valence-corrected chi connectivity index (χ2v) is 4.38. The third kappa shape index (κ3) is 2.83. The molecule has 1 aromatic carbocycles. The summed E-state index contributed by atoms with van der Waals surface area (Å²) in [6.45, 7) is 3.97. The molecule has 1 fully saturated rings. The Morgan fingerprint density at radius 1 is 1.38 bits per heavy atom. The highest BCUT2D eigenvalue weighted by Crippen LogP contribution is 2.06. The highest BCUT2D eigenvalue weighted by atomic mass is 16.1. The maximum atomic E-state index is 11.9. The molecular weight excluding hydrogens is 200 g/mol. The number of nitrogens with one attached hydrogen (secondary N) is 2. The molecule has 3 nitrogen and oxygen atoms in total. The van der Waals surface area contributed by atoms with E-state index in [4.69, 9.17) is 0 Å². The third-order valence-electron chi connectivity index (χ3n) is 2.95. The highest BCUT2D eigenvalue weighted by Gasteiger charge is 2.15. The molecule has 1 aromatic rings. The zero-order chi connectivity index (χ0) is 11.4. The first-order valence-electron chi connectivity index (χ1n) is 5.84. The van der Waals surface area contributed by atoms with Gasteiger partial charge in [0.05, 0.1) is 0 Å². The highest BCUT2D eigenvalue weighted by molar-refractivity contribution is 5.94. The van der Waals surface area contributed by atoms with Crippen LogP contribution in [-0.4, -0.2) is 25.0 Å². The van der Waals surface area contributed by atoms with Crippen molar-refractivity contribution in [3.63, 3.8) is 0 Å². The second-order valence-electron chi connectivity index (χ2n) is 4.38. The first kappa shape index (κ1) is 11.1. The molecule has 2 rings (SSSR count). The SMILES string of the molecule is Cc1ccc(C(=O)N[C@@H]2CCCNC2)cc1. The molecule has 1 amide bonds. The van der Waals surface area contributed by atoms with E-state index in [1.165, 1.54) is 5.56 Å². The molecule has 1 heterocycles. The molecule has 86 valence electrons. The fourth-order valence-electron chi connectivity index (χ4n) is 1.95. The van der Waals surface area contributed by atoms with Crippen molar-refractivity contribution in [3.05, 3.63) is 35.4 Å². The molecule has 0 unspecified atom stereocenters. The predicted octanol–water partition coefficient (Wildman–Crippen LogP) is 1.48. The Kier molecular flexibility index (Phi) is 3.57. The third-order valence-corrected chi connectivity index (χ3v) is 2.95. The minimum absolute atomic E-state index is 0.0358. The van der Waals surface area contributed by atoms with E-state index in [1.807, 2.05) is 31.2 Å². The van der Waals surface area contributed by atoms with Crippen LogP contribution in [-0.2, 0) is 0 Å². The lowest BCUT2D eigenvalue weighted by Gasteiger charge is -2.23. The summed E-state index contributed by atoms with van der Waals surface area (Å²) in [6, 6.07) is 7.96. The minimum atomic E-state index is 0.0358. The summed E-state index contributed by atoms with van der Waals surface area (Å²) in [5.41, 5.74) is 1.92. The predicted molar refractivity (Wildman–Crippen MR) is 64.5 cm³/mol. The van der Waals surface area contributed by atoms with Crippen molar-refractivity contribution in [1.29, 1.82) is 0 Å². The van der Waals surface area contributed by atoms with Gasteiger partial charge in [-0.2, -0.15) is 0 Å². The van der Waals surface area contributed by atoms with Crippen LogP contribution in [0.5, 0.6) is 0 Å². The number of carbonyl (C=O) groups excluding carboxylic acids is 1. The van der Waals surface area contributed by atoms with Crippen molar-refractivity contribution in [3.8, 4) is 0 Å². The Balaban J connectivity index is 1.94. The van der Waals surface area contributed by atoms with Crippen molar-refractivity contribution in [1.82, 2.24) is 10.6 Å². The van der Waals surface area contributed by atoms with E-state index in [-0.39, 0.29) is 11.9 Å². The van der Waals surface area contributed by atoms with E-state index >= 15 is 0 Å². The molecule has 1 aliphatic heterocycles. The lowest BCUT2D eigenvalue weighted by molar-refractivity contribution is 0.0930. The molecule has 1 aliphatic rings. The molecule has 0 spiro atoms. The number of benzene rings is 1. The van der Waals surface area contributed by atoms with Gasteiger partial charge in [0, 0.05) is 18.2 Å². The van der Waals surface area contributed by atoms with Crippen LogP contribution in [0, 0.1) is 6.92 Å². The van der Waals surface area contributed by atoms with Gasteiger partial charge in [-0.1, -0.05) is 17.7 Å². The van der Waals surface area contributed by atoms with Gasteiger partial charge in [-0.3, -0.25) is 4.79 Å². The quantitative estimate of drug-likeness (QED) is 0.789. The molecular formula is C13H18N2O. The van der Waals surface area contributed by atoms with Crippen molar-refractivity contribution in [2.24, 2.45) is 0 Å². The van der Waals surface area contributed by atoms with Gasteiger partial charge in [0.15, 0.2) is 0 Å². The molecule has 2 N–H and O–H groups in total. The molecule has 0 radical (unpaired) electrons. The van der Waals surface area contributed by atoms with Gasteiger partial charge in [0.2, 0.25) is 0 Å². The van der Waals surface area contributed by atoms with Crippen LogP contribution in [0.25, 0.3) is 0 Å². The zero-order valence-electron chi connectivity index (χ0n) is 9.62. The van der Waals surface area contributed by atoms with Crippen molar-refractivity contribution < 1.29 is 4.79 Å². The van der Waals surface area contributed by atoms with Gasteiger partial charge in [-0.05, 0) is 38.4 Å². The first-order chi connectivity index (χ1) is 7.75. The van der Waals surface area contributed by atoms with E-state index in [0.29, 0.717) is 0 Å². The zero-order valence-corrected chi connectivity index (χ0v) is 9.62. The average molecular weight is 218 g/mol. The number of hydrogen-bond acceptors (Lipinski definition) is 2. The maximum Gasteiger partial charge on any atom is 0.251 e. The largest absolute Gasteiger partial charge is 0.348 e. The van der Waals surface area contributed by atoms with E-state index in [0.717, 1.165) is 31.5 Å². The van der Waals surface area contributed by atoms with Crippen LogP contribution < -0.4 is 10.6 Å². The maximum absolute atomic E-state index is 11.9.